The van der Waals surface area contributed by atoms with Crippen molar-refractivity contribution >= 4 is 23.1 Å². The zero-order valence-electron chi connectivity index (χ0n) is 14.8. The van der Waals surface area contributed by atoms with Gasteiger partial charge in [-0.25, -0.2) is 0 Å². The van der Waals surface area contributed by atoms with E-state index in [1.165, 1.54) is 22.6 Å². The van der Waals surface area contributed by atoms with Gasteiger partial charge in [-0.15, -0.1) is 16.4 Å². The summed E-state index contributed by atoms with van der Waals surface area (Å²) < 4.78 is 0. The van der Waals surface area contributed by atoms with Crippen LogP contribution in [0.2, 0.25) is 0 Å². The van der Waals surface area contributed by atoms with Gasteiger partial charge in [0.2, 0.25) is 5.91 Å². The number of fused-ring (bicyclic) bond motifs is 1. The SMILES string of the molecule is Cc1ccc(CC(=O)N2C[C@H]3CC[C@@H](N(C)c4cccnn4)[C@H]3C2)s1. The largest absolute Gasteiger partial charge is 0.355 e. The predicted molar refractivity (Wildman–Crippen MR) is 99.8 cm³/mol. The smallest absolute Gasteiger partial charge is 0.227 e. The van der Waals surface area contributed by atoms with Crippen molar-refractivity contribution in [3.05, 3.63) is 40.2 Å². The molecule has 3 atom stereocenters. The lowest BCUT2D eigenvalue weighted by molar-refractivity contribution is -0.129. The molecule has 5 nitrogen and oxygen atoms in total. The van der Waals surface area contributed by atoms with E-state index < -0.39 is 0 Å². The number of aromatic nitrogens is 2. The number of aryl methyl sites for hydroxylation is 1. The zero-order valence-corrected chi connectivity index (χ0v) is 15.6. The van der Waals surface area contributed by atoms with Crippen LogP contribution in [0, 0.1) is 18.8 Å². The molecule has 0 unspecified atom stereocenters. The molecule has 0 aromatic carbocycles. The molecule has 1 saturated carbocycles. The highest BCUT2D eigenvalue weighted by molar-refractivity contribution is 7.12. The summed E-state index contributed by atoms with van der Waals surface area (Å²) in [5.74, 6) is 2.36. The summed E-state index contributed by atoms with van der Waals surface area (Å²) in [5.41, 5.74) is 0. The molecule has 1 amide bonds. The molecule has 2 aromatic heterocycles. The molecule has 25 heavy (non-hydrogen) atoms. The van der Waals surface area contributed by atoms with E-state index >= 15 is 0 Å². The van der Waals surface area contributed by atoms with Gasteiger partial charge in [0.25, 0.3) is 0 Å². The van der Waals surface area contributed by atoms with Crippen molar-refractivity contribution in [1.29, 1.82) is 0 Å². The van der Waals surface area contributed by atoms with Crippen molar-refractivity contribution in [2.75, 3.05) is 25.0 Å². The molecule has 4 rings (SSSR count). The van der Waals surface area contributed by atoms with Gasteiger partial charge in [-0.05, 0) is 49.9 Å². The Morgan fingerprint density at radius 1 is 1.32 bits per heavy atom. The molecule has 0 N–H and O–H groups in total. The fourth-order valence-electron chi connectivity index (χ4n) is 4.41. The van der Waals surface area contributed by atoms with Crippen LogP contribution in [0.3, 0.4) is 0 Å². The summed E-state index contributed by atoms with van der Waals surface area (Å²) in [4.78, 5) is 19.5. The van der Waals surface area contributed by atoms with E-state index in [9.17, 15) is 4.79 Å². The third-order valence-corrected chi connectivity index (χ3v) is 6.71. The van der Waals surface area contributed by atoms with Gasteiger partial charge in [-0.2, -0.15) is 5.10 Å². The van der Waals surface area contributed by atoms with Crippen LogP contribution in [0.25, 0.3) is 0 Å². The van der Waals surface area contributed by atoms with Crippen molar-refractivity contribution < 1.29 is 4.79 Å². The molecule has 1 aliphatic heterocycles. The van der Waals surface area contributed by atoms with Crippen molar-refractivity contribution in [2.45, 2.75) is 32.2 Å². The molecule has 1 aliphatic carbocycles. The zero-order chi connectivity index (χ0) is 17.4. The number of rotatable bonds is 4. The average Bonchev–Trinajstić information content (AvgIpc) is 3.30. The van der Waals surface area contributed by atoms with Crippen LogP contribution in [0.4, 0.5) is 5.82 Å². The summed E-state index contributed by atoms with van der Waals surface area (Å²) in [7, 11) is 2.11. The molecule has 6 heteroatoms. The Balaban J connectivity index is 1.41. The first-order valence-electron chi connectivity index (χ1n) is 8.95. The molecule has 0 bridgehead atoms. The second-order valence-corrected chi connectivity index (χ2v) is 8.62. The van der Waals surface area contributed by atoms with Crippen LogP contribution in [-0.4, -0.2) is 47.2 Å². The van der Waals surface area contributed by atoms with Gasteiger partial charge in [0, 0.05) is 48.0 Å². The molecular weight excluding hydrogens is 332 g/mol. The minimum absolute atomic E-state index is 0.275. The Bertz CT molecular complexity index is 747. The van der Waals surface area contributed by atoms with E-state index in [2.05, 4.69) is 46.1 Å². The molecule has 3 heterocycles. The fourth-order valence-corrected chi connectivity index (χ4v) is 5.29. The van der Waals surface area contributed by atoms with Crippen molar-refractivity contribution in [1.82, 2.24) is 15.1 Å². The standard InChI is InChI=1S/C19H24N4OS/c1-13-5-7-15(25-13)10-19(24)23-11-14-6-8-17(16(14)12-23)22(2)18-4-3-9-20-21-18/h3-5,7,9,14,16-17H,6,8,10-12H2,1-2H3/t14-,16+,17-/m1/s1. The number of nitrogens with zero attached hydrogens (tertiary/aromatic N) is 4. The fraction of sp³-hybridized carbons (Fsp3) is 0.526. The lowest BCUT2D eigenvalue weighted by Crippen LogP contribution is -2.39. The van der Waals surface area contributed by atoms with E-state index in [1.54, 1.807) is 17.5 Å². The molecule has 2 aliphatic rings. The number of anilines is 1. The third kappa shape index (κ3) is 3.27. The van der Waals surface area contributed by atoms with Gasteiger partial charge in [-0.3, -0.25) is 4.79 Å². The number of hydrogen-bond acceptors (Lipinski definition) is 5. The highest BCUT2D eigenvalue weighted by Gasteiger charge is 2.45. The Kier molecular flexibility index (Phi) is 4.46. The second-order valence-electron chi connectivity index (χ2n) is 7.25. The van der Waals surface area contributed by atoms with E-state index in [0.29, 0.717) is 24.3 Å². The van der Waals surface area contributed by atoms with E-state index in [-0.39, 0.29) is 5.91 Å². The molecule has 2 fully saturated rings. The lowest BCUT2D eigenvalue weighted by atomic mass is 9.97. The van der Waals surface area contributed by atoms with Crippen LogP contribution < -0.4 is 4.90 Å². The average molecular weight is 356 g/mol. The summed E-state index contributed by atoms with van der Waals surface area (Å²) in [6.07, 6.45) is 4.62. The van der Waals surface area contributed by atoms with E-state index in [4.69, 9.17) is 0 Å². The first kappa shape index (κ1) is 16.5. The molecule has 2 aromatic rings. The molecule has 0 radical (unpaired) electrons. The number of carbonyl (C=O) groups is 1. The van der Waals surface area contributed by atoms with E-state index in [0.717, 1.165) is 18.9 Å². The molecule has 132 valence electrons. The monoisotopic (exact) mass is 356 g/mol. The molecule has 1 saturated heterocycles. The first-order valence-corrected chi connectivity index (χ1v) is 9.77. The minimum atomic E-state index is 0.275. The predicted octanol–water partition coefficient (Wildman–Crippen LogP) is 2.76. The Hall–Kier alpha value is -1.95. The van der Waals surface area contributed by atoms with Crippen LogP contribution in [0.15, 0.2) is 30.5 Å². The Labute approximate surface area is 152 Å². The van der Waals surface area contributed by atoms with Gasteiger partial charge in [0.15, 0.2) is 5.82 Å². The van der Waals surface area contributed by atoms with Crippen LogP contribution in [0.5, 0.6) is 0 Å². The van der Waals surface area contributed by atoms with Crippen molar-refractivity contribution in [3.63, 3.8) is 0 Å². The summed E-state index contributed by atoms with van der Waals surface area (Å²) >= 11 is 1.73. The summed E-state index contributed by atoms with van der Waals surface area (Å²) in [5, 5.41) is 8.25. The van der Waals surface area contributed by atoms with Gasteiger partial charge in [-0.1, -0.05) is 0 Å². The quantitative estimate of drug-likeness (QED) is 0.845. The van der Waals surface area contributed by atoms with E-state index in [1.807, 2.05) is 12.1 Å². The Morgan fingerprint density at radius 2 is 2.20 bits per heavy atom. The van der Waals surface area contributed by atoms with Gasteiger partial charge >= 0.3 is 0 Å². The number of likely N-dealkylation sites (tertiary alicyclic amines) is 1. The summed E-state index contributed by atoms with van der Waals surface area (Å²) in [6.45, 7) is 3.88. The Morgan fingerprint density at radius 3 is 2.92 bits per heavy atom. The number of carbonyl (C=O) groups excluding carboxylic acids is 1. The highest BCUT2D eigenvalue weighted by Crippen LogP contribution is 2.41. The van der Waals surface area contributed by atoms with Crippen LogP contribution in [0.1, 0.15) is 22.6 Å². The molecular formula is C19H24N4OS. The normalized spacial score (nSPS) is 25.2. The number of thiophene rings is 1. The lowest BCUT2D eigenvalue weighted by Gasteiger charge is -2.30. The van der Waals surface area contributed by atoms with Crippen molar-refractivity contribution in [3.8, 4) is 0 Å². The maximum atomic E-state index is 12.7. The highest BCUT2D eigenvalue weighted by atomic mass is 32.1. The first-order chi connectivity index (χ1) is 12.1. The topological polar surface area (TPSA) is 49.3 Å². The number of amides is 1. The van der Waals surface area contributed by atoms with Gasteiger partial charge in [0.05, 0.1) is 6.42 Å². The van der Waals surface area contributed by atoms with Gasteiger partial charge in [0.1, 0.15) is 0 Å². The summed E-state index contributed by atoms with van der Waals surface area (Å²) in [6, 6.07) is 8.57. The maximum Gasteiger partial charge on any atom is 0.227 e. The van der Waals surface area contributed by atoms with Crippen LogP contribution in [-0.2, 0) is 11.2 Å². The van der Waals surface area contributed by atoms with Crippen molar-refractivity contribution in [2.24, 2.45) is 11.8 Å². The van der Waals surface area contributed by atoms with Crippen LogP contribution >= 0.6 is 11.3 Å². The maximum absolute atomic E-state index is 12.7. The second kappa shape index (κ2) is 6.75. The minimum Gasteiger partial charge on any atom is -0.355 e. The third-order valence-electron chi connectivity index (χ3n) is 5.71. The van der Waals surface area contributed by atoms with Gasteiger partial charge < -0.3 is 9.80 Å². The number of hydrogen-bond donors (Lipinski definition) is 0. The molecule has 0 spiro atoms.